The molecule has 1 atom stereocenters. The van der Waals surface area contributed by atoms with E-state index in [0.29, 0.717) is 0 Å². The zero-order chi connectivity index (χ0) is 16.3. The molecule has 0 radical (unpaired) electrons. The van der Waals surface area contributed by atoms with Crippen LogP contribution in [0.25, 0.3) is 0 Å². The molecule has 0 fully saturated rings. The lowest BCUT2D eigenvalue weighted by atomic mass is 10.1. The van der Waals surface area contributed by atoms with Gasteiger partial charge in [0.2, 0.25) is 5.91 Å². The Balaban J connectivity index is 1.87. The molecule has 1 aliphatic heterocycles. The van der Waals surface area contributed by atoms with Crippen molar-refractivity contribution in [3.05, 3.63) is 29.8 Å². The third-order valence-corrected chi connectivity index (χ3v) is 3.48. The fourth-order valence-corrected chi connectivity index (χ4v) is 2.65. The van der Waals surface area contributed by atoms with Crippen molar-refractivity contribution in [2.75, 3.05) is 11.4 Å². The topological polar surface area (TPSA) is 58.6 Å². The van der Waals surface area contributed by atoms with Gasteiger partial charge in [0.1, 0.15) is 5.60 Å². The number of carbonyl (C=O) groups excluding carboxylic acids is 2. The number of anilines is 1. The minimum atomic E-state index is -0.531. The monoisotopic (exact) mass is 304 g/mol. The molecule has 1 aromatic rings. The summed E-state index contributed by atoms with van der Waals surface area (Å²) in [5.74, 6) is 0.0218. The molecule has 0 bridgehead atoms. The summed E-state index contributed by atoms with van der Waals surface area (Å²) in [5, 5.41) is 2.62. The lowest BCUT2D eigenvalue weighted by Crippen LogP contribution is -2.39. The first-order chi connectivity index (χ1) is 10.3. The van der Waals surface area contributed by atoms with Crippen molar-refractivity contribution in [1.82, 2.24) is 5.32 Å². The van der Waals surface area contributed by atoms with Gasteiger partial charge in [-0.25, -0.2) is 4.79 Å². The number of rotatable bonds is 3. The van der Waals surface area contributed by atoms with Crippen molar-refractivity contribution >= 4 is 17.7 Å². The van der Waals surface area contributed by atoms with Crippen LogP contribution in [0.5, 0.6) is 0 Å². The van der Waals surface area contributed by atoms with Crippen LogP contribution in [0, 0.1) is 0 Å². The van der Waals surface area contributed by atoms with Crippen molar-refractivity contribution in [2.24, 2.45) is 0 Å². The molecular weight excluding hydrogens is 280 g/mol. The predicted octanol–water partition coefficient (Wildman–Crippen LogP) is 2.88. The maximum atomic E-state index is 12.4. The molecule has 0 spiro atoms. The van der Waals surface area contributed by atoms with Gasteiger partial charge in [-0.05, 0) is 45.7 Å². The van der Waals surface area contributed by atoms with Gasteiger partial charge in [-0.1, -0.05) is 18.2 Å². The van der Waals surface area contributed by atoms with Crippen molar-refractivity contribution in [2.45, 2.75) is 52.2 Å². The molecule has 2 amide bonds. The summed E-state index contributed by atoms with van der Waals surface area (Å²) in [6.45, 7) is 7.74. The lowest BCUT2D eigenvalue weighted by Gasteiger charge is -2.23. The van der Waals surface area contributed by atoms with Gasteiger partial charge in [0, 0.05) is 24.7 Å². The van der Waals surface area contributed by atoms with E-state index < -0.39 is 11.7 Å². The molecule has 1 N–H and O–H groups in total. The normalized spacial score (nSPS) is 17.1. The Hall–Kier alpha value is -2.04. The number of para-hydroxylation sites is 1. The van der Waals surface area contributed by atoms with E-state index in [9.17, 15) is 9.59 Å². The number of carbonyl (C=O) groups is 2. The summed E-state index contributed by atoms with van der Waals surface area (Å²) in [6.07, 6.45) is 0.648. The zero-order valence-electron chi connectivity index (χ0n) is 13.7. The van der Waals surface area contributed by atoms with Crippen LogP contribution in [0.4, 0.5) is 10.5 Å². The highest BCUT2D eigenvalue weighted by Gasteiger charge is 2.30. The summed E-state index contributed by atoms with van der Waals surface area (Å²) >= 11 is 0. The first-order valence-electron chi connectivity index (χ1n) is 7.65. The number of amides is 2. The van der Waals surface area contributed by atoms with Crippen LogP contribution >= 0.6 is 0 Å². The molecule has 0 saturated carbocycles. The number of fused-ring (bicyclic) bond motifs is 1. The fourth-order valence-electron chi connectivity index (χ4n) is 2.65. The molecule has 1 heterocycles. The van der Waals surface area contributed by atoms with E-state index in [1.54, 1.807) is 20.8 Å². The number of nitrogens with one attached hydrogen (secondary N) is 1. The van der Waals surface area contributed by atoms with Gasteiger partial charge >= 0.3 is 6.09 Å². The molecule has 0 aliphatic carbocycles. The molecule has 1 aliphatic rings. The second kappa shape index (κ2) is 6.38. The maximum Gasteiger partial charge on any atom is 0.407 e. The van der Waals surface area contributed by atoms with Crippen molar-refractivity contribution in [3.8, 4) is 0 Å². The van der Waals surface area contributed by atoms with Gasteiger partial charge in [0.15, 0.2) is 0 Å². The molecule has 1 aromatic carbocycles. The van der Waals surface area contributed by atoms with Crippen LogP contribution in [0.3, 0.4) is 0 Å². The number of hydrogen-bond donors (Lipinski definition) is 1. The quantitative estimate of drug-likeness (QED) is 0.934. The van der Waals surface area contributed by atoms with E-state index in [1.165, 1.54) is 5.56 Å². The van der Waals surface area contributed by atoms with Crippen LogP contribution in [0.15, 0.2) is 24.3 Å². The number of ether oxygens (including phenoxy) is 1. The molecule has 1 unspecified atom stereocenters. The molecular formula is C17H24N2O3. The second-order valence-electron chi connectivity index (χ2n) is 6.62. The van der Waals surface area contributed by atoms with Crippen LogP contribution < -0.4 is 10.2 Å². The maximum absolute atomic E-state index is 12.4. The van der Waals surface area contributed by atoms with Crippen LogP contribution in [-0.2, 0) is 16.0 Å². The van der Waals surface area contributed by atoms with Gasteiger partial charge in [-0.2, -0.15) is 0 Å². The average Bonchev–Trinajstić information content (AvgIpc) is 2.72. The third kappa shape index (κ3) is 4.00. The highest BCUT2D eigenvalue weighted by atomic mass is 16.6. The van der Waals surface area contributed by atoms with E-state index in [4.69, 9.17) is 4.74 Å². The van der Waals surface area contributed by atoms with Gasteiger partial charge in [-0.15, -0.1) is 0 Å². The van der Waals surface area contributed by atoms with Crippen LogP contribution in [-0.4, -0.2) is 30.2 Å². The Bertz CT molecular complexity index is 563. The van der Waals surface area contributed by atoms with E-state index in [2.05, 4.69) is 11.4 Å². The summed E-state index contributed by atoms with van der Waals surface area (Å²) in [6, 6.07) is 8.11. The lowest BCUT2D eigenvalue weighted by molar-refractivity contribution is -0.118. The Labute approximate surface area is 131 Å². The number of hydrogen-bond acceptors (Lipinski definition) is 3. The van der Waals surface area contributed by atoms with E-state index in [1.807, 2.05) is 30.0 Å². The Kier molecular flexibility index (Phi) is 4.74. The van der Waals surface area contributed by atoms with Crippen molar-refractivity contribution < 1.29 is 14.3 Å². The number of nitrogens with zero attached hydrogens (tertiary/aromatic N) is 1. The molecule has 5 nitrogen and oxygen atoms in total. The molecule has 5 heteroatoms. The Morgan fingerprint density at radius 1 is 1.32 bits per heavy atom. The highest BCUT2D eigenvalue weighted by molar-refractivity contribution is 5.96. The van der Waals surface area contributed by atoms with Gasteiger partial charge in [-0.3, -0.25) is 4.79 Å². The van der Waals surface area contributed by atoms with Crippen molar-refractivity contribution in [3.63, 3.8) is 0 Å². The zero-order valence-corrected chi connectivity index (χ0v) is 13.7. The van der Waals surface area contributed by atoms with Crippen LogP contribution in [0.1, 0.15) is 39.7 Å². The smallest absolute Gasteiger partial charge is 0.407 e. The largest absolute Gasteiger partial charge is 0.444 e. The number of alkyl carbamates (subject to hydrolysis) is 1. The summed E-state index contributed by atoms with van der Waals surface area (Å²) in [7, 11) is 0. The van der Waals surface area contributed by atoms with Gasteiger partial charge in [0.05, 0.1) is 0 Å². The van der Waals surface area contributed by atoms with Crippen molar-refractivity contribution in [1.29, 1.82) is 0 Å². The summed E-state index contributed by atoms with van der Waals surface area (Å²) in [4.78, 5) is 25.8. The van der Waals surface area contributed by atoms with Gasteiger partial charge < -0.3 is 15.0 Å². The van der Waals surface area contributed by atoms with Gasteiger partial charge in [0.25, 0.3) is 0 Å². The van der Waals surface area contributed by atoms with E-state index >= 15 is 0 Å². The number of benzene rings is 1. The third-order valence-electron chi connectivity index (χ3n) is 3.48. The Morgan fingerprint density at radius 2 is 2.00 bits per heavy atom. The minimum Gasteiger partial charge on any atom is -0.444 e. The average molecular weight is 304 g/mol. The van der Waals surface area contributed by atoms with E-state index in [-0.39, 0.29) is 24.9 Å². The summed E-state index contributed by atoms with van der Waals surface area (Å²) < 4.78 is 5.15. The Morgan fingerprint density at radius 3 is 2.68 bits per heavy atom. The van der Waals surface area contributed by atoms with Crippen LogP contribution in [0.2, 0.25) is 0 Å². The minimum absolute atomic E-state index is 0.0218. The fraction of sp³-hybridized carbons (Fsp3) is 0.529. The molecule has 120 valence electrons. The first kappa shape index (κ1) is 16.3. The standard InChI is InChI=1S/C17H24N2O3/c1-12-11-13-7-5-6-8-14(13)19(12)15(20)9-10-18-16(21)22-17(2,3)4/h5-8,12H,9-11H2,1-4H3,(H,18,21). The SMILES string of the molecule is CC1Cc2ccccc2N1C(=O)CCNC(=O)OC(C)(C)C. The molecule has 2 rings (SSSR count). The molecule has 0 aromatic heterocycles. The molecule has 0 saturated heterocycles. The first-order valence-corrected chi connectivity index (χ1v) is 7.65. The second-order valence-corrected chi connectivity index (χ2v) is 6.62. The highest BCUT2D eigenvalue weighted by Crippen LogP contribution is 2.32. The van der Waals surface area contributed by atoms with E-state index in [0.717, 1.165) is 12.1 Å². The summed E-state index contributed by atoms with van der Waals surface area (Å²) in [5.41, 5.74) is 1.65. The predicted molar refractivity (Wildman–Crippen MR) is 85.9 cm³/mol. The molecule has 22 heavy (non-hydrogen) atoms.